The lowest BCUT2D eigenvalue weighted by molar-refractivity contribution is 0.132. The molecule has 2 nitrogen and oxygen atoms in total. The van der Waals surface area contributed by atoms with Gasteiger partial charge < -0.3 is 9.80 Å². The summed E-state index contributed by atoms with van der Waals surface area (Å²) in [5.74, 6) is 0. The monoisotopic (exact) mass is 412 g/mol. The topological polar surface area (TPSA) is 6.48 Å². The predicted octanol–water partition coefficient (Wildman–Crippen LogP) is 8.49. The third kappa shape index (κ3) is 10.0. The maximum absolute atomic E-state index is 2.62. The Hall–Kier alpha value is -1.44. The molecule has 1 aliphatic heterocycles. The van der Waals surface area contributed by atoms with Gasteiger partial charge in [0.25, 0.3) is 0 Å². The molecule has 2 heteroatoms. The van der Waals surface area contributed by atoms with Crippen LogP contribution < -0.4 is 0 Å². The molecular formula is C28H48N2. The van der Waals surface area contributed by atoms with E-state index in [1.807, 2.05) is 0 Å². The first-order valence-electron chi connectivity index (χ1n) is 13.1. The zero-order chi connectivity index (χ0) is 21.3. The molecule has 1 aromatic carbocycles. The zero-order valence-corrected chi connectivity index (χ0v) is 20.0. The van der Waals surface area contributed by atoms with Crippen molar-refractivity contribution in [1.82, 2.24) is 9.80 Å². The van der Waals surface area contributed by atoms with Crippen molar-refractivity contribution >= 4 is 0 Å². The van der Waals surface area contributed by atoms with Gasteiger partial charge in [-0.15, -0.1) is 0 Å². The summed E-state index contributed by atoms with van der Waals surface area (Å²) < 4.78 is 0. The molecule has 0 bridgehead atoms. The smallest absolute Gasteiger partial charge is 0.101 e. The number of hydrogen-bond acceptors (Lipinski definition) is 2. The first-order valence-corrected chi connectivity index (χ1v) is 13.1. The number of rotatable bonds is 18. The fraction of sp³-hybridized carbons (Fsp3) is 0.714. The predicted molar refractivity (Wildman–Crippen MR) is 132 cm³/mol. The maximum atomic E-state index is 2.62. The Kier molecular flexibility index (Phi) is 13.5. The van der Waals surface area contributed by atoms with Gasteiger partial charge in [-0.3, -0.25) is 0 Å². The van der Waals surface area contributed by atoms with Crippen LogP contribution in [0.1, 0.15) is 116 Å². The molecule has 1 atom stereocenters. The van der Waals surface area contributed by atoms with Crippen molar-refractivity contribution < 1.29 is 0 Å². The Balaban J connectivity index is 1.69. The van der Waals surface area contributed by atoms with E-state index >= 15 is 0 Å². The van der Waals surface area contributed by atoms with Crippen molar-refractivity contribution in [1.29, 1.82) is 0 Å². The first kappa shape index (κ1) is 24.8. The summed E-state index contributed by atoms with van der Waals surface area (Å²) in [4.78, 5) is 5.19. The molecule has 1 aromatic rings. The fourth-order valence-corrected chi connectivity index (χ4v) is 4.60. The van der Waals surface area contributed by atoms with Crippen molar-refractivity contribution in [2.24, 2.45) is 0 Å². The fourth-order valence-electron chi connectivity index (χ4n) is 4.60. The van der Waals surface area contributed by atoms with Gasteiger partial charge in [0.1, 0.15) is 6.17 Å². The molecule has 0 spiro atoms. The van der Waals surface area contributed by atoms with Crippen LogP contribution in [-0.2, 0) is 6.54 Å². The van der Waals surface area contributed by atoms with Gasteiger partial charge in [0.05, 0.1) is 0 Å². The normalized spacial score (nSPS) is 16.0. The Morgan fingerprint density at radius 1 is 0.600 bits per heavy atom. The molecule has 170 valence electrons. The van der Waals surface area contributed by atoms with Gasteiger partial charge in [-0.05, 0) is 24.8 Å². The highest BCUT2D eigenvalue weighted by Gasteiger charge is 2.25. The third-order valence-corrected chi connectivity index (χ3v) is 6.51. The van der Waals surface area contributed by atoms with Crippen molar-refractivity contribution in [2.75, 3.05) is 6.54 Å². The van der Waals surface area contributed by atoms with E-state index in [2.05, 4.69) is 66.4 Å². The molecule has 0 amide bonds. The van der Waals surface area contributed by atoms with Crippen LogP contribution in [0.2, 0.25) is 0 Å². The van der Waals surface area contributed by atoms with Gasteiger partial charge in [-0.1, -0.05) is 121 Å². The van der Waals surface area contributed by atoms with E-state index in [9.17, 15) is 0 Å². The quantitative estimate of drug-likeness (QED) is 0.223. The Morgan fingerprint density at radius 3 is 1.77 bits per heavy atom. The SMILES string of the molecule is CCCCCCCCCCCCC1N(CCCCCC)C=CN1Cc1ccccc1. The molecule has 0 fully saturated rings. The summed E-state index contributed by atoms with van der Waals surface area (Å²) in [7, 11) is 0. The molecule has 0 saturated carbocycles. The molecule has 0 radical (unpaired) electrons. The van der Waals surface area contributed by atoms with Gasteiger partial charge in [0, 0.05) is 25.5 Å². The molecule has 0 saturated heterocycles. The van der Waals surface area contributed by atoms with E-state index in [4.69, 9.17) is 0 Å². The second-order valence-corrected chi connectivity index (χ2v) is 9.21. The Bertz CT molecular complexity index is 539. The number of unbranched alkanes of at least 4 members (excludes halogenated alkanes) is 12. The maximum Gasteiger partial charge on any atom is 0.101 e. The van der Waals surface area contributed by atoms with E-state index in [1.54, 1.807) is 0 Å². The molecular weight excluding hydrogens is 364 g/mol. The van der Waals surface area contributed by atoms with E-state index in [0.29, 0.717) is 6.17 Å². The van der Waals surface area contributed by atoms with Crippen LogP contribution >= 0.6 is 0 Å². The van der Waals surface area contributed by atoms with E-state index < -0.39 is 0 Å². The molecule has 0 aromatic heterocycles. The number of nitrogens with zero attached hydrogens (tertiary/aromatic N) is 2. The van der Waals surface area contributed by atoms with Gasteiger partial charge >= 0.3 is 0 Å². The largest absolute Gasteiger partial charge is 0.356 e. The third-order valence-electron chi connectivity index (χ3n) is 6.51. The van der Waals surface area contributed by atoms with Gasteiger partial charge in [-0.25, -0.2) is 0 Å². The van der Waals surface area contributed by atoms with E-state index in [0.717, 1.165) is 6.54 Å². The lowest BCUT2D eigenvalue weighted by Gasteiger charge is -2.33. The molecule has 1 unspecified atom stereocenters. The minimum Gasteiger partial charge on any atom is -0.356 e. The second-order valence-electron chi connectivity index (χ2n) is 9.21. The van der Waals surface area contributed by atoms with Crippen LogP contribution in [-0.4, -0.2) is 22.5 Å². The lowest BCUT2D eigenvalue weighted by atomic mass is 10.0. The van der Waals surface area contributed by atoms with Crippen molar-refractivity contribution in [3.05, 3.63) is 48.3 Å². The molecule has 1 aliphatic rings. The van der Waals surface area contributed by atoms with Crippen molar-refractivity contribution in [2.45, 2.75) is 123 Å². The number of hydrogen-bond donors (Lipinski definition) is 0. The minimum atomic E-state index is 0.556. The van der Waals surface area contributed by atoms with E-state index in [-0.39, 0.29) is 0 Å². The van der Waals surface area contributed by atoms with Crippen LogP contribution in [0.4, 0.5) is 0 Å². The van der Waals surface area contributed by atoms with Crippen molar-refractivity contribution in [3.63, 3.8) is 0 Å². The van der Waals surface area contributed by atoms with Gasteiger partial charge in [-0.2, -0.15) is 0 Å². The highest BCUT2D eigenvalue weighted by atomic mass is 15.4. The van der Waals surface area contributed by atoms with Crippen molar-refractivity contribution in [3.8, 4) is 0 Å². The van der Waals surface area contributed by atoms with Crippen LogP contribution in [0.3, 0.4) is 0 Å². The molecule has 2 rings (SSSR count). The Morgan fingerprint density at radius 2 is 1.13 bits per heavy atom. The van der Waals surface area contributed by atoms with Crippen LogP contribution in [0.5, 0.6) is 0 Å². The summed E-state index contributed by atoms with van der Waals surface area (Å²) in [5, 5.41) is 0. The molecule has 0 aliphatic carbocycles. The summed E-state index contributed by atoms with van der Waals surface area (Å²) in [6, 6.07) is 11.0. The lowest BCUT2D eigenvalue weighted by Crippen LogP contribution is -2.38. The number of benzene rings is 1. The van der Waals surface area contributed by atoms with Crippen LogP contribution in [0.15, 0.2) is 42.7 Å². The molecule has 30 heavy (non-hydrogen) atoms. The second kappa shape index (κ2) is 16.3. The standard InChI is InChI=1S/C28H48N2/c1-3-5-7-9-10-11-12-13-14-18-22-28-29(23-19-8-6-4-2)24-25-30(28)26-27-20-16-15-17-21-27/h15-17,20-21,24-25,28H,3-14,18-19,22-23,26H2,1-2H3. The highest BCUT2D eigenvalue weighted by Crippen LogP contribution is 2.24. The summed E-state index contributed by atoms with van der Waals surface area (Å²) in [6.45, 7) is 6.84. The Labute approximate surface area is 187 Å². The van der Waals surface area contributed by atoms with Crippen LogP contribution in [0, 0.1) is 0 Å². The average molecular weight is 413 g/mol. The summed E-state index contributed by atoms with van der Waals surface area (Å²) in [6.07, 6.45) is 26.1. The average Bonchev–Trinajstić information content (AvgIpc) is 3.14. The first-order chi connectivity index (χ1) is 14.8. The minimum absolute atomic E-state index is 0.556. The summed E-state index contributed by atoms with van der Waals surface area (Å²) in [5.41, 5.74) is 1.42. The molecule has 1 heterocycles. The zero-order valence-electron chi connectivity index (χ0n) is 20.0. The van der Waals surface area contributed by atoms with E-state index in [1.165, 1.54) is 108 Å². The highest BCUT2D eigenvalue weighted by molar-refractivity contribution is 5.15. The van der Waals surface area contributed by atoms with Gasteiger partial charge in [0.15, 0.2) is 0 Å². The van der Waals surface area contributed by atoms with Gasteiger partial charge in [0.2, 0.25) is 0 Å². The summed E-state index contributed by atoms with van der Waals surface area (Å²) >= 11 is 0. The van der Waals surface area contributed by atoms with Crippen LogP contribution in [0.25, 0.3) is 0 Å². The molecule has 0 N–H and O–H groups in total.